The van der Waals surface area contributed by atoms with Gasteiger partial charge in [0.05, 0.1) is 0 Å². The van der Waals surface area contributed by atoms with Crippen LogP contribution in [0.25, 0.3) is 0 Å². The standard InChI is InChI=1S/C21H25N3O2/c1-16-5-7-17(8-6-16)15-24-19(9-10-21(24)26)14-20(25)23-13-11-18-4-2-3-12-22-18/h2-8,12,19H,9-11,13-15H2,1H3,(H,23,25). The highest BCUT2D eigenvalue weighted by atomic mass is 16.2. The van der Waals surface area contributed by atoms with Crippen molar-refractivity contribution >= 4 is 11.8 Å². The Morgan fingerprint density at radius 3 is 2.77 bits per heavy atom. The van der Waals surface area contributed by atoms with E-state index in [1.165, 1.54) is 5.56 Å². The predicted octanol–water partition coefficient (Wildman–Crippen LogP) is 2.63. The fraction of sp³-hybridized carbons (Fsp3) is 0.381. The predicted molar refractivity (Wildman–Crippen MR) is 100 cm³/mol. The molecule has 2 amide bonds. The van der Waals surface area contributed by atoms with Crippen LogP contribution < -0.4 is 5.32 Å². The minimum Gasteiger partial charge on any atom is -0.356 e. The number of amides is 2. The molecule has 2 heterocycles. The third-order valence-electron chi connectivity index (χ3n) is 4.78. The maximum atomic E-state index is 12.3. The minimum absolute atomic E-state index is 0.00506. The van der Waals surface area contributed by atoms with Crippen LogP contribution in [0.3, 0.4) is 0 Å². The van der Waals surface area contributed by atoms with Gasteiger partial charge in [-0.15, -0.1) is 0 Å². The molecule has 1 atom stereocenters. The highest BCUT2D eigenvalue weighted by Crippen LogP contribution is 2.24. The Morgan fingerprint density at radius 1 is 1.23 bits per heavy atom. The van der Waals surface area contributed by atoms with Crippen molar-refractivity contribution in [1.82, 2.24) is 15.2 Å². The van der Waals surface area contributed by atoms with Crippen molar-refractivity contribution in [2.24, 2.45) is 0 Å². The summed E-state index contributed by atoms with van der Waals surface area (Å²) in [4.78, 5) is 30.6. The lowest BCUT2D eigenvalue weighted by Gasteiger charge is -2.24. The number of carbonyl (C=O) groups excluding carboxylic acids is 2. The fourth-order valence-electron chi connectivity index (χ4n) is 3.28. The first-order valence-electron chi connectivity index (χ1n) is 9.13. The molecule has 136 valence electrons. The van der Waals surface area contributed by atoms with Crippen LogP contribution in [0.4, 0.5) is 0 Å². The molecule has 1 N–H and O–H groups in total. The first-order valence-corrected chi connectivity index (χ1v) is 9.13. The molecule has 1 aliphatic heterocycles. The van der Waals surface area contributed by atoms with Gasteiger partial charge in [-0.1, -0.05) is 35.9 Å². The van der Waals surface area contributed by atoms with E-state index in [2.05, 4.69) is 22.4 Å². The van der Waals surface area contributed by atoms with E-state index < -0.39 is 0 Å². The van der Waals surface area contributed by atoms with Crippen LogP contribution in [0.1, 0.15) is 36.1 Å². The Balaban J connectivity index is 1.49. The summed E-state index contributed by atoms with van der Waals surface area (Å²) in [5.41, 5.74) is 3.27. The highest BCUT2D eigenvalue weighted by Gasteiger charge is 2.32. The number of benzene rings is 1. The quantitative estimate of drug-likeness (QED) is 0.834. The molecule has 1 fully saturated rings. The molecule has 1 aromatic carbocycles. The molecule has 1 saturated heterocycles. The van der Waals surface area contributed by atoms with E-state index in [0.29, 0.717) is 32.4 Å². The number of nitrogens with zero attached hydrogens (tertiary/aromatic N) is 2. The van der Waals surface area contributed by atoms with Crippen LogP contribution in [-0.4, -0.2) is 34.3 Å². The summed E-state index contributed by atoms with van der Waals surface area (Å²) >= 11 is 0. The van der Waals surface area contributed by atoms with Gasteiger partial charge in [0, 0.05) is 50.3 Å². The summed E-state index contributed by atoms with van der Waals surface area (Å²) in [5.74, 6) is 0.131. The van der Waals surface area contributed by atoms with Crippen LogP contribution in [0, 0.1) is 6.92 Å². The second-order valence-electron chi connectivity index (χ2n) is 6.82. The van der Waals surface area contributed by atoms with Crippen molar-refractivity contribution < 1.29 is 9.59 Å². The smallest absolute Gasteiger partial charge is 0.223 e. The summed E-state index contributed by atoms with van der Waals surface area (Å²) in [6.45, 7) is 3.18. The van der Waals surface area contributed by atoms with Gasteiger partial charge in [-0.25, -0.2) is 0 Å². The molecule has 2 aromatic rings. The van der Waals surface area contributed by atoms with E-state index in [9.17, 15) is 9.59 Å². The molecule has 0 saturated carbocycles. The van der Waals surface area contributed by atoms with Gasteiger partial charge >= 0.3 is 0 Å². The Morgan fingerprint density at radius 2 is 2.04 bits per heavy atom. The summed E-state index contributed by atoms with van der Waals surface area (Å²) in [6.07, 6.45) is 4.10. The normalized spacial score (nSPS) is 16.7. The largest absolute Gasteiger partial charge is 0.356 e. The first kappa shape index (κ1) is 18.1. The number of rotatable bonds is 7. The van der Waals surface area contributed by atoms with E-state index >= 15 is 0 Å². The molecule has 3 rings (SSSR count). The van der Waals surface area contributed by atoms with Gasteiger partial charge in [-0.3, -0.25) is 14.6 Å². The monoisotopic (exact) mass is 351 g/mol. The van der Waals surface area contributed by atoms with Crippen molar-refractivity contribution in [3.05, 3.63) is 65.5 Å². The number of likely N-dealkylation sites (tertiary alicyclic amines) is 1. The zero-order valence-electron chi connectivity index (χ0n) is 15.1. The van der Waals surface area contributed by atoms with Crippen molar-refractivity contribution in [2.75, 3.05) is 6.54 Å². The number of carbonyl (C=O) groups is 2. The van der Waals surface area contributed by atoms with Gasteiger partial charge in [0.25, 0.3) is 0 Å². The first-order chi connectivity index (χ1) is 12.6. The zero-order valence-corrected chi connectivity index (χ0v) is 15.1. The van der Waals surface area contributed by atoms with Gasteiger partial charge in [-0.2, -0.15) is 0 Å². The number of nitrogens with one attached hydrogen (secondary N) is 1. The van der Waals surface area contributed by atoms with Crippen molar-refractivity contribution in [1.29, 1.82) is 0 Å². The maximum absolute atomic E-state index is 12.3. The second kappa shape index (κ2) is 8.61. The van der Waals surface area contributed by atoms with Crippen LogP contribution >= 0.6 is 0 Å². The number of hydrogen-bond donors (Lipinski definition) is 1. The zero-order chi connectivity index (χ0) is 18.4. The van der Waals surface area contributed by atoms with Crippen LogP contribution in [0.15, 0.2) is 48.7 Å². The molecule has 0 bridgehead atoms. The lowest BCUT2D eigenvalue weighted by molar-refractivity contribution is -0.130. The molecule has 5 nitrogen and oxygen atoms in total. The van der Waals surface area contributed by atoms with E-state index in [0.717, 1.165) is 17.7 Å². The molecule has 0 radical (unpaired) electrons. The molecule has 0 aliphatic carbocycles. The van der Waals surface area contributed by atoms with Gasteiger partial charge in [0.1, 0.15) is 0 Å². The molecule has 1 aromatic heterocycles. The SMILES string of the molecule is Cc1ccc(CN2C(=O)CCC2CC(=O)NCCc2ccccn2)cc1. The molecule has 0 spiro atoms. The Kier molecular flexibility index (Phi) is 6.00. The van der Waals surface area contributed by atoms with Gasteiger partial charge in [-0.05, 0) is 31.0 Å². The van der Waals surface area contributed by atoms with Gasteiger partial charge < -0.3 is 10.2 Å². The van der Waals surface area contributed by atoms with E-state index in [4.69, 9.17) is 0 Å². The van der Waals surface area contributed by atoms with E-state index in [-0.39, 0.29) is 17.9 Å². The summed E-state index contributed by atoms with van der Waals surface area (Å²) in [7, 11) is 0. The van der Waals surface area contributed by atoms with Crippen molar-refractivity contribution in [3.8, 4) is 0 Å². The van der Waals surface area contributed by atoms with Crippen LogP contribution in [0.5, 0.6) is 0 Å². The summed E-state index contributed by atoms with van der Waals surface area (Å²) in [5, 5.41) is 2.95. The molecule has 26 heavy (non-hydrogen) atoms. The molecular weight excluding hydrogens is 326 g/mol. The van der Waals surface area contributed by atoms with E-state index in [1.54, 1.807) is 6.20 Å². The Hall–Kier alpha value is -2.69. The van der Waals surface area contributed by atoms with Crippen LogP contribution in [0.2, 0.25) is 0 Å². The molecule has 1 unspecified atom stereocenters. The van der Waals surface area contributed by atoms with Gasteiger partial charge in [0.15, 0.2) is 0 Å². The summed E-state index contributed by atoms with van der Waals surface area (Å²) in [6, 6.07) is 13.9. The topological polar surface area (TPSA) is 62.3 Å². The highest BCUT2D eigenvalue weighted by molar-refractivity contribution is 5.82. The Labute approximate surface area is 154 Å². The lowest BCUT2D eigenvalue weighted by atomic mass is 10.1. The van der Waals surface area contributed by atoms with E-state index in [1.807, 2.05) is 42.2 Å². The van der Waals surface area contributed by atoms with Crippen LogP contribution in [-0.2, 0) is 22.6 Å². The summed E-state index contributed by atoms with van der Waals surface area (Å²) < 4.78 is 0. The number of pyridine rings is 1. The third-order valence-corrected chi connectivity index (χ3v) is 4.78. The average molecular weight is 351 g/mol. The minimum atomic E-state index is -0.0151. The Bertz CT molecular complexity index is 744. The van der Waals surface area contributed by atoms with Crippen molar-refractivity contribution in [3.63, 3.8) is 0 Å². The maximum Gasteiger partial charge on any atom is 0.223 e. The number of aryl methyl sites for hydroxylation is 1. The lowest BCUT2D eigenvalue weighted by Crippen LogP contribution is -2.37. The number of aromatic nitrogens is 1. The molecular formula is C21H25N3O2. The third kappa shape index (κ3) is 4.91. The fourth-order valence-corrected chi connectivity index (χ4v) is 3.28. The second-order valence-corrected chi connectivity index (χ2v) is 6.82. The number of hydrogen-bond acceptors (Lipinski definition) is 3. The molecule has 5 heteroatoms. The van der Waals surface area contributed by atoms with Gasteiger partial charge in [0.2, 0.25) is 11.8 Å². The van der Waals surface area contributed by atoms with Crippen molar-refractivity contribution in [2.45, 2.75) is 45.2 Å². The molecule has 1 aliphatic rings. The average Bonchev–Trinajstić information content (AvgIpc) is 2.98.